The average Bonchev–Trinajstić information content (AvgIpc) is 3.08. The van der Waals surface area contributed by atoms with E-state index in [-0.39, 0.29) is 18.9 Å². The summed E-state index contributed by atoms with van der Waals surface area (Å²) in [6, 6.07) is 11.7. The molecule has 0 fully saturated rings. The maximum absolute atomic E-state index is 12.2. The first-order valence-electron chi connectivity index (χ1n) is 9.90. The van der Waals surface area contributed by atoms with Gasteiger partial charge in [-0.2, -0.15) is 0 Å². The molecule has 1 amide bonds. The lowest BCUT2D eigenvalue weighted by Crippen LogP contribution is -2.21. The van der Waals surface area contributed by atoms with E-state index in [1.165, 1.54) is 5.56 Å². The lowest BCUT2D eigenvalue weighted by Gasteiger charge is -2.10. The van der Waals surface area contributed by atoms with Crippen LogP contribution in [-0.2, 0) is 20.7 Å². The summed E-state index contributed by atoms with van der Waals surface area (Å²) in [6.45, 7) is 8.02. The van der Waals surface area contributed by atoms with E-state index < -0.39 is 5.97 Å². The van der Waals surface area contributed by atoms with Crippen molar-refractivity contribution in [3.05, 3.63) is 64.9 Å². The lowest BCUT2D eigenvalue weighted by molar-refractivity contribution is -0.146. The molecule has 3 aromatic rings. The van der Waals surface area contributed by atoms with Gasteiger partial charge in [-0.15, -0.1) is 0 Å². The molecule has 5 heteroatoms. The van der Waals surface area contributed by atoms with Crippen molar-refractivity contribution in [1.82, 2.24) is 0 Å². The van der Waals surface area contributed by atoms with E-state index in [1.807, 2.05) is 50.2 Å². The number of anilines is 1. The summed E-state index contributed by atoms with van der Waals surface area (Å²) in [5, 5.41) is 3.65. The molecule has 0 radical (unpaired) electrons. The molecular weight excluding hydrogens is 366 g/mol. The fourth-order valence-corrected chi connectivity index (χ4v) is 3.15. The molecule has 1 atom stereocenters. The van der Waals surface area contributed by atoms with Crippen molar-refractivity contribution in [2.75, 3.05) is 11.9 Å². The highest BCUT2D eigenvalue weighted by molar-refractivity contribution is 5.93. The number of ether oxygens (including phenoxy) is 1. The molecule has 0 aliphatic rings. The zero-order valence-electron chi connectivity index (χ0n) is 17.4. The zero-order chi connectivity index (χ0) is 21.0. The second-order valence-corrected chi connectivity index (χ2v) is 7.51. The Morgan fingerprint density at radius 3 is 2.48 bits per heavy atom. The van der Waals surface area contributed by atoms with Crippen LogP contribution >= 0.6 is 0 Å². The number of amides is 1. The van der Waals surface area contributed by atoms with E-state index >= 15 is 0 Å². The Bertz CT molecular complexity index is 1020. The molecule has 0 aliphatic carbocycles. The van der Waals surface area contributed by atoms with Crippen molar-refractivity contribution in [1.29, 1.82) is 0 Å². The van der Waals surface area contributed by atoms with Crippen LogP contribution < -0.4 is 5.32 Å². The summed E-state index contributed by atoms with van der Waals surface area (Å²) in [6.07, 6.45) is 2.70. The molecule has 3 rings (SSSR count). The van der Waals surface area contributed by atoms with E-state index in [0.717, 1.165) is 34.1 Å². The van der Waals surface area contributed by atoms with Gasteiger partial charge in [-0.3, -0.25) is 9.59 Å². The first-order valence-corrected chi connectivity index (χ1v) is 9.90. The van der Waals surface area contributed by atoms with Gasteiger partial charge >= 0.3 is 5.97 Å². The highest BCUT2D eigenvalue weighted by atomic mass is 16.5. The fraction of sp³-hybridized carbons (Fsp3) is 0.333. The van der Waals surface area contributed by atoms with Crippen molar-refractivity contribution >= 4 is 28.5 Å². The van der Waals surface area contributed by atoms with Gasteiger partial charge in [-0.1, -0.05) is 26.0 Å². The number of carbonyl (C=O) groups excluding carboxylic acids is 2. The number of fused-ring (bicyclic) bond motifs is 1. The third-order valence-corrected chi connectivity index (χ3v) is 5.34. The lowest BCUT2D eigenvalue weighted by atomic mass is 9.99. The highest BCUT2D eigenvalue weighted by Crippen LogP contribution is 2.25. The molecule has 5 nitrogen and oxygen atoms in total. The van der Waals surface area contributed by atoms with Crippen LogP contribution in [0.4, 0.5) is 5.69 Å². The number of esters is 1. The summed E-state index contributed by atoms with van der Waals surface area (Å²) < 4.78 is 10.7. The Labute approximate surface area is 171 Å². The molecule has 0 saturated carbocycles. The van der Waals surface area contributed by atoms with E-state index in [2.05, 4.69) is 19.2 Å². The van der Waals surface area contributed by atoms with Gasteiger partial charge in [0.2, 0.25) is 0 Å². The zero-order valence-corrected chi connectivity index (χ0v) is 17.4. The largest absolute Gasteiger partial charge is 0.464 e. The van der Waals surface area contributed by atoms with Gasteiger partial charge < -0.3 is 14.5 Å². The second kappa shape index (κ2) is 8.95. The summed E-state index contributed by atoms with van der Waals surface area (Å²) in [4.78, 5) is 24.3. The molecule has 1 aromatic heterocycles. The van der Waals surface area contributed by atoms with Crippen LogP contribution in [0.1, 0.15) is 48.4 Å². The predicted octanol–water partition coefficient (Wildman–Crippen LogP) is 5.29. The van der Waals surface area contributed by atoms with Gasteiger partial charge in [0.15, 0.2) is 6.61 Å². The van der Waals surface area contributed by atoms with Crippen molar-refractivity contribution < 1.29 is 18.7 Å². The first-order chi connectivity index (χ1) is 13.9. The monoisotopic (exact) mass is 393 g/mol. The smallest absolute Gasteiger partial charge is 0.310 e. The van der Waals surface area contributed by atoms with Crippen LogP contribution in [0.2, 0.25) is 0 Å². The number of benzene rings is 2. The van der Waals surface area contributed by atoms with E-state index in [1.54, 1.807) is 6.26 Å². The van der Waals surface area contributed by atoms with Crippen molar-refractivity contribution in [2.24, 2.45) is 0 Å². The van der Waals surface area contributed by atoms with Gasteiger partial charge in [0.25, 0.3) is 5.91 Å². The second-order valence-electron chi connectivity index (χ2n) is 7.51. The molecule has 0 unspecified atom stereocenters. The molecule has 0 aliphatic heterocycles. The molecule has 1 heterocycles. The number of hydrogen-bond donors (Lipinski definition) is 1. The van der Waals surface area contributed by atoms with Gasteiger partial charge in [0, 0.05) is 16.6 Å². The maximum atomic E-state index is 12.2. The average molecular weight is 393 g/mol. The number of aryl methyl sites for hydroxylation is 2. The van der Waals surface area contributed by atoms with Crippen LogP contribution in [0.5, 0.6) is 0 Å². The maximum Gasteiger partial charge on any atom is 0.310 e. The Kier molecular flexibility index (Phi) is 6.37. The summed E-state index contributed by atoms with van der Waals surface area (Å²) in [7, 11) is 0. The summed E-state index contributed by atoms with van der Waals surface area (Å²) >= 11 is 0. The Hall–Kier alpha value is -3.08. The van der Waals surface area contributed by atoms with Gasteiger partial charge in [0.05, 0.1) is 12.7 Å². The van der Waals surface area contributed by atoms with E-state index in [4.69, 9.17) is 9.15 Å². The van der Waals surface area contributed by atoms with Crippen LogP contribution in [0.15, 0.2) is 47.1 Å². The van der Waals surface area contributed by atoms with Crippen molar-refractivity contribution in [2.45, 2.75) is 46.5 Å². The highest BCUT2D eigenvalue weighted by Gasteiger charge is 2.14. The number of hydrogen-bond acceptors (Lipinski definition) is 4. The first kappa shape index (κ1) is 20.6. The predicted molar refractivity (Wildman–Crippen MR) is 114 cm³/mol. The number of rotatable bonds is 7. The van der Waals surface area contributed by atoms with Crippen LogP contribution in [0.3, 0.4) is 0 Å². The van der Waals surface area contributed by atoms with E-state index in [9.17, 15) is 9.59 Å². The topological polar surface area (TPSA) is 68.5 Å². The number of carbonyl (C=O) groups is 2. The molecule has 29 heavy (non-hydrogen) atoms. The third kappa shape index (κ3) is 5.05. The molecule has 0 bridgehead atoms. The minimum atomic E-state index is -0.465. The standard InChI is InChI=1S/C24H27NO4/c1-5-15(2)18-6-8-20(9-7-18)25-23(26)14-29-24(27)12-19-13-28-22-11-17(4)16(3)10-21(19)22/h6-11,13,15H,5,12,14H2,1-4H3,(H,25,26)/t15-/m0/s1. The molecule has 0 spiro atoms. The van der Waals surface area contributed by atoms with Gasteiger partial charge in [0.1, 0.15) is 5.58 Å². The number of furan rings is 1. The Balaban J connectivity index is 1.53. The molecular formula is C24H27NO4. The van der Waals surface area contributed by atoms with Crippen molar-refractivity contribution in [3.8, 4) is 0 Å². The van der Waals surface area contributed by atoms with E-state index in [0.29, 0.717) is 11.6 Å². The van der Waals surface area contributed by atoms with Gasteiger partial charge in [-0.25, -0.2) is 0 Å². The molecule has 1 N–H and O–H groups in total. The minimum absolute atomic E-state index is 0.0619. The van der Waals surface area contributed by atoms with Crippen molar-refractivity contribution in [3.63, 3.8) is 0 Å². The summed E-state index contributed by atoms with van der Waals surface area (Å²) in [5.41, 5.74) is 5.69. The minimum Gasteiger partial charge on any atom is -0.464 e. The quantitative estimate of drug-likeness (QED) is 0.554. The number of nitrogens with one attached hydrogen (secondary N) is 1. The van der Waals surface area contributed by atoms with Crippen LogP contribution in [0.25, 0.3) is 11.0 Å². The molecule has 152 valence electrons. The van der Waals surface area contributed by atoms with Crippen LogP contribution in [0, 0.1) is 13.8 Å². The summed E-state index contributed by atoms with van der Waals surface area (Å²) in [5.74, 6) is -0.348. The van der Waals surface area contributed by atoms with Gasteiger partial charge in [-0.05, 0) is 67.1 Å². The molecule has 2 aromatic carbocycles. The molecule has 0 saturated heterocycles. The SMILES string of the molecule is CC[C@H](C)c1ccc(NC(=O)COC(=O)Cc2coc3cc(C)c(C)cc23)cc1. The third-order valence-electron chi connectivity index (χ3n) is 5.34. The van der Waals surface area contributed by atoms with Crippen LogP contribution in [-0.4, -0.2) is 18.5 Å². The Morgan fingerprint density at radius 1 is 1.10 bits per heavy atom. The Morgan fingerprint density at radius 2 is 1.79 bits per heavy atom. The normalized spacial score (nSPS) is 12.0. The fourth-order valence-electron chi connectivity index (χ4n) is 3.15.